The molecule has 0 aromatic heterocycles. The standard InChI is InChI=1S/C22H23N3O3/c1-27-22(26)18-13-16(25-9-11-28-12-10-25)14-20(21(18)23)24-19-8-4-6-15-5-2-3-7-17(15)19/h2-8,13-14,24H,9-12,23H2,1H3. The zero-order valence-corrected chi connectivity index (χ0v) is 15.8. The van der Waals surface area contributed by atoms with Crippen molar-refractivity contribution in [3.8, 4) is 0 Å². The number of morpholine rings is 1. The third-order valence-electron chi connectivity index (χ3n) is 5.01. The molecule has 1 saturated heterocycles. The lowest BCUT2D eigenvalue weighted by atomic mass is 10.1. The summed E-state index contributed by atoms with van der Waals surface area (Å²) >= 11 is 0. The molecule has 1 aliphatic rings. The van der Waals surface area contributed by atoms with Crippen LogP contribution in [-0.2, 0) is 9.47 Å². The number of carbonyl (C=O) groups excluding carboxylic acids is 1. The van der Waals surface area contributed by atoms with Gasteiger partial charge in [-0.25, -0.2) is 4.79 Å². The number of carbonyl (C=O) groups is 1. The molecule has 6 heteroatoms. The van der Waals surface area contributed by atoms with Crippen LogP contribution in [0.4, 0.5) is 22.7 Å². The van der Waals surface area contributed by atoms with Crippen LogP contribution in [0, 0.1) is 0 Å². The first-order valence-electron chi connectivity index (χ1n) is 9.26. The largest absolute Gasteiger partial charge is 0.465 e. The fourth-order valence-electron chi connectivity index (χ4n) is 3.50. The van der Waals surface area contributed by atoms with Crippen molar-refractivity contribution < 1.29 is 14.3 Å². The van der Waals surface area contributed by atoms with E-state index < -0.39 is 5.97 Å². The highest BCUT2D eigenvalue weighted by atomic mass is 16.5. The predicted molar refractivity (Wildman–Crippen MR) is 112 cm³/mol. The number of fused-ring (bicyclic) bond motifs is 1. The first-order chi connectivity index (χ1) is 13.7. The number of ether oxygens (including phenoxy) is 2. The van der Waals surface area contributed by atoms with Gasteiger partial charge in [-0.2, -0.15) is 0 Å². The summed E-state index contributed by atoms with van der Waals surface area (Å²) in [5.41, 5.74) is 9.60. The fraction of sp³-hybridized carbons (Fsp3) is 0.227. The van der Waals surface area contributed by atoms with Gasteiger partial charge in [-0.1, -0.05) is 36.4 Å². The second-order valence-corrected chi connectivity index (χ2v) is 6.70. The van der Waals surface area contributed by atoms with Crippen molar-refractivity contribution in [1.82, 2.24) is 0 Å². The Hall–Kier alpha value is -3.25. The fourth-order valence-corrected chi connectivity index (χ4v) is 3.50. The lowest BCUT2D eigenvalue weighted by Crippen LogP contribution is -2.36. The van der Waals surface area contributed by atoms with Gasteiger partial charge in [0.25, 0.3) is 0 Å². The number of nitrogens with two attached hydrogens (primary N) is 1. The molecule has 3 N–H and O–H groups in total. The maximum Gasteiger partial charge on any atom is 0.340 e. The average molecular weight is 377 g/mol. The van der Waals surface area contributed by atoms with Gasteiger partial charge in [0.05, 0.1) is 37.3 Å². The molecule has 0 radical (unpaired) electrons. The summed E-state index contributed by atoms with van der Waals surface area (Å²) in [6.07, 6.45) is 0. The highest BCUT2D eigenvalue weighted by molar-refractivity contribution is 6.02. The van der Waals surface area contributed by atoms with Gasteiger partial charge in [0.15, 0.2) is 0 Å². The number of hydrogen-bond acceptors (Lipinski definition) is 6. The maximum atomic E-state index is 12.3. The lowest BCUT2D eigenvalue weighted by Gasteiger charge is -2.30. The van der Waals surface area contributed by atoms with Crippen LogP contribution in [0.25, 0.3) is 10.8 Å². The van der Waals surface area contributed by atoms with Crippen molar-refractivity contribution in [1.29, 1.82) is 0 Å². The maximum absolute atomic E-state index is 12.3. The Morgan fingerprint density at radius 1 is 1.07 bits per heavy atom. The van der Waals surface area contributed by atoms with E-state index in [-0.39, 0.29) is 0 Å². The Morgan fingerprint density at radius 2 is 1.82 bits per heavy atom. The number of nitrogens with one attached hydrogen (secondary N) is 1. The number of nitrogen functional groups attached to an aromatic ring is 1. The molecule has 0 aliphatic carbocycles. The molecule has 1 aliphatic heterocycles. The number of esters is 1. The van der Waals surface area contributed by atoms with Crippen LogP contribution in [0.3, 0.4) is 0 Å². The van der Waals surface area contributed by atoms with Crippen LogP contribution in [0.2, 0.25) is 0 Å². The van der Waals surface area contributed by atoms with Crippen molar-refractivity contribution in [2.75, 3.05) is 49.4 Å². The molecule has 1 heterocycles. The van der Waals surface area contributed by atoms with Crippen LogP contribution < -0.4 is 16.0 Å². The predicted octanol–water partition coefficient (Wildman–Crippen LogP) is 3.79. The third-order valence-corrected chi connectivity index (χ3v) is 5.01. The van der Waals surface area contributed by atoms with Gasteiger partial charge in [-0.15, -0.1) is 0 Å². The average Bonchev–Trinajstić information content (AvgIpc) is 2.75. The molecule has 0 unspecified atom stereocenters. The molecule has 0 saturated carbocycles. The van der Waals surface area contributed by atoms with Crippen molar-refractivity contribution in [3.05, 3.63) is 60.2 Å². The molecule has 144 valence electrons. The summed E-state index contributed by atoms with van der Waals surface area (Å²) in [5, 5.41) is 5.64. The Bertz CT molecular complexity index is 1010. The first-order valence-corrected chi connectivity index (χ1v) is 9.26. The molecule has 28 heavy (non-hydrogen) atoms. The SMILES string of the molecule is COC(=O)c1cc(N2CCOCC2)cc(Nc2cccc3ccccc23)c1N. The minimum absolute atomic E-state index is 0.356. The van der Waals surface area contributed by atoms with E-state index in [0.29, 0.717) is 30.2 Å². The van der Waals surface area contributed by atoms with E-state index in [2.05, 4.69) is 28.4 Å². The third kappa shape index (κ3) is 3.46. The number of hydrogen-bond donors (Lipinski definition) is 2. The number of rotatable bonds is 4. The van der Waals surface area contributed by atoms with Crippen molar-refractivity contribution >= 4 is 39.5 Å². The quantitative estimate of drug-likeness (QED) is 0.532. The molecule has 6 nitrogen and oxygen atoms in total. The Balaban J connectivity index is 1.79. The monoisotopic (exact) mass is 377 g/mol. The van der Waals surface area contributed by atoms with Crippen molar-refractivity contribution in [2.24, 2.45) is 0 Å². The highest BCUT2D eigenvalue weighted by Gasteiger charge is 2.20. The minimum Gasteiger partial charge on any atom is -0.465 e. The van der Waals surface area contributed by atoms with Crippen LogP contribution in [0.15, 0.2) is 54.6 Å². The smallest absolute Gasteiger partial charge is 0.340 e. The van der Waals surface area contributed by atoms with E-state index >= 15 is 0 Å². The second-order valence-electron chi connectivity index (χ2n) is 6.70. The number of nitrogens with zero attached hydrogens (tertiary/aromatic N) is 1. The first kappa shape index (κ1) is 18.1. The van der Waals surface area contributed by atoms with E-state index in [4.69, 9.17) is 15.2 Å². The summed E-state index contributed by atoms with van der Waals surface area (Å²) < 4.78 is 10.4. The van der Waals surface area contributed by atoms with E-state index in [9.17, 15) is 4.79 Å². The van der Waals surface area contributed by atoms with Crippen LogP contribution in [-0.4, -0.2) is 39.4 Å². The molecule has 3 aromatic rings. The summed E-state index contributed by atoms with van der Waals surface area (Å²) in [5.74, 6) is -0.450. The normalized spacial score (nSPS) is 14.1. The minimum atomic E-state index is -0.450. The van der Waals surface area contributed by atoms with Gasteiger partial charge in [-0.05, 0) is 23.6 Å². The number of methoxy groups -OCH3 is 1. The van der Waals surface area contributed by atoms with Crippen LogP contribution in [0.1, 0.15) is 10.4 Å². The molecular weight excluding hydrogens is 354 g/mol. The summed E-state index contributed by atoms with van der Waals surface area (Å²) in [6.45, 7) is 2.84. The number of benzene rings is 3. The Labute approximate surface area is 163 Å². The Kier molecular flexibility index (Phi) is 5.04. The van der Waals surface area contributed by atoms with Gasteiger partial charge in [0.1, 0.15) is 0 Å². The van der Waals surface area contributed by atoms with Gasteiger partial charge < -0.3 is 25.4 Å². The van der Waals surface area contributed by atoms with Gasteiger partial charge in [0.2, 0.25) is 0 Å². The van der Waals surface area contributed by atoms with Crippen LogP contribution >= 0.6 is 0 Å². The Morgan fingerprint density at radius 3 is 2.61 bits per heavy atom. The lowest BCUT2D eigenvalue weighted by molar-refractivity contribution is 0.0602. The topological polar surface area (TPSA) is 76.8 Å². The number of anilines is 4. The summed E-state index contributed by atoms with van der Waals surface area (Å²) in [6, 6.07) is 18.0. The van der Waals surface area contributed by atoms with E-state index in [0.717, 1.165) is 35.2 Å². The molecule has 3 aromatic carbocycles. The summed E-state index contributed by atoms with van der Waals surface area (Å²) in [7, 11) is 1.36. The molecule has 4 rings (SSSR count). The molecule has 0 spiro atoms. The molecule has 0 atom stereocenters. The molecule has 0 amide bonds. The van der Waals surface area contributed by atoms with Crippen molar-refractivity contribution in [3.63, 3.8) is 0 Å². The highest BCUT2D eigenvalue weighted by Crippen LogP contribution is 2.35. The summed E-state index contributed by atoms with van der Waals surface area (Å²) in [4.78, 5) is 14.5. The zero-order chi connectivity index (χ0) is 19.5. The van der Waals surface area contributed by atoms with E-state index in [1.54, 1.807) is 6.07 Å². The second kappa shape index (κ2) is 7.78. The van der Waals surface area contributed by atoms with Crippen LogP contribution in [0.5, 0.6) is 0 Å². The van der Waals surface area contributed by atoms with E-state index in [1.807, 2.05) is 30.3 Å². The van der Waals surface area contributed by atoms with E-state index in [1.165, 1.54) is 7.11 Å². The van der Waals surface area contributed by atoms with Gasteiger partial charge in [0, 0.05) is 29.9 Å². The zero-order valence-electron chi connectivity index (χ0n) is 15.8. The van der Waals surface area contributed by atoms with Crippen molar-refractivity contribution in [2.45, 2.75) is 0 Å². The molecule has 1 fully saturated rings. The molecular formula is C22H23N3O3. The van der Waals surface area contributed by atoms with Gasteiger partial charge in [-0.3, -0.25) is 0 Å². The van der Waals surface area contributed by atoms with Gasteiger partial charge >= 0.3 is 5.97 Å². The molecule has 0 bridgehead atoms.